The van der Waals surface area contributed by atoms with E-state index < -0.39 is 0 Å². The minimum absolute atomic E-state index is 0.143. The predicted molar refractivity (Wildman–Crippen MR) is 97.1 cm³/mol. The lowest BCUT2D eigenvalue weighted by Gasteiger charge is -2.29. The van der Waals surface area contributed by atoms with Crippen LogP contribution in [0.4, 0.5) is 0 Å². The molecular weight excluding hydrogens is 344 g/mol. The van der Waals surface area contributed by atoms with Crippen molar-refractivity contribution in [2.24, 2.45) is 0 Å². The van der Waals surface area contributed by atoms with Gasteiger partial charge in [0.2, 0.25) is 5.78 Å². The first-order valence-corrected chi connectivity index (χ1v) is 8.65. The van der Waals surface area contributed by atoms with Crippen LogP contribution in [0.5, 0.6) is 11.5 Å². The highest BCUT2D eigenvalue weighted by molar-refractivity contribution is 6.14. The van der Waals surface area contributed by atoms with E-state index in [0.717, 1.165) is 23.4 Å². The van der Waals surface area contributed by atoms with Gasteiger partial charge in [-0.3, -0.25) is 14.7 Å². The highest BCUT2D eigenvalue weighted by Crippen LogP contribution is 2.42. The number of pyridine rings is 1. The summed E-state index contributed by atoms with van der Waals surface area (Å²) in [5, 5.41) is 0. The normalized spacial score (nSPS) is 17.3. The fraction of sp³-hybridized carbons (Fsp3) is 0.143. The zero-order valence-electron chi connectivity index (χ0n) is 14.4. The Kier molecular flexibility index (Phi) is 3.76. The Morgan fingerprint density at radius 3 is 2.85 bits per heavy atom. The topological polar surface area (TPSA) is 64.8 Å². The van der Waals surface area contributed by atoms with Gasteiger partial charge in [-0.2, -0.15) is 0 Å². The molecule has 2 aromatic heterocycles. The number of rotatable bonds is 3. The maximum absolute atomic E-state index is 12.7. The van der Waals surface area contributed by atoms with E-state index in [0.29, 0.717) is 30.3 Å². The summed E-state index contributed by atoms with van der Waals surface area (Å²) in [6.45, 7) is 1.86. The highest BCUT2D eigenvalue weighted by atomic mass is 16.5. The maximum Gasteiger partial charge on any atom is 0.232 e. The Labute approximate surface area is 155 Å². The number of furan rings is 1. The van der Waals surface area contributed by atoms with Crippen molar-refractivity contribution in [2.75, 3.05) is 6.73 Å². The van der Waals surface area contributed by atoms with Gasteiger partial charge in [-0.15, -0.1) is 0 Å². The van der Waals surface area contributed by atoms with E-state index in [1.165, 1.54) is 0 Å². The number of aromatic nitrogens is 1. The Morgan fingerprint density at radius 1 is 1.15 bits per heavy atom. The molecule has 0 amide bonds. The standard InChI is InChI=1S/C21H16N2O4/c24-20-16-3-4-18-17(21(16)27-19(20)10-15-2-1-9-25-15)12-23(13-26-18)11-14-5-7-22-8-6-14/h1-10H,11-13H2. The van der Waals surface area contributed by atoms with Crippen LogP contribution in [0.1, 0.15) is 27.2 Å². The van der Waals surface area contributed by atoms with Gasteiger partial charge in [0.1, 0.15) is 24.0 Å². The molecule has 0 spiro atoms. The average Bonchev–Trinajstić information content (AvgIpc) is 3.32. The molecule has 0 N–H and O–H groups in total. The van der Waals surface area contributed by atoms with Crippen molar-refractivity contribution in [3.05, 3.63) is 83.3 Å². The van der Waals surface area contributed by atoms with Gasteiger partial charge in [-0.05, 0) is 42.0 Å². The minimum Gasteiger partial charge on any atom is -0.478 e. The predicted octanol–water partition coefficient (Wildman–Crippen LogP) is 3.64. The quantitative estimate of drug-likeness (QED) is 0.665. The van der Waals surface area contributed by atoms with Crippen LogP contribution in [0.3, 0.4) is 0 Å². The lowest BCUT2D eigenvalue weighted by Crippen LogP contribution is -2.31. The summed E-state index contributed by atoms with van der Waals surface area (Å²) in [6.07, 6.45) is 6.73. The third-order valence-electron chi connectivity index (χ3n) is 4.65. The van der Waals surface area contributed by atoms with Crippen LogP contribution >= 0.6 is 0 Å². The molecular formula is C21H16N2O4. The first-order valence-electron chi connectivity index (χ1n) is 8.65. The number of benzene rings is 1. The minimum atomic E-state index is -0.143. The van der Waals surface area contributed by atoms with Crippen LogP contribution < -0.4 is 9.47 Å². The van der Waals surface area contributed by atoms with Crippen LogP contribution in [0.2, 0.25) is 0 Å². The van der Waals surface area contributed by atoms with E-state index in [-0.39, 0.29) is 11.5 Å². The number of carbonyl (C=O) groups excluding carboxylic acids is 1. The second-order valence-electron chi connectivity index (χ2n) is 6.49. The van der Waals surface area contributed by atoms with Gasteiger partial charge >= 0.3 is 0 Å². The summed E-state index contributed by atoms with van der Waals surface area (Å²) in [6, 6.07) is 11.1. The zero-order chi connectivity index (χ0) is 18.2. The fourth-order valence-corrected chi connectivity index (χ4v) is 3.35. The third-order valence-corrected chi connectivity index (χ3v) is 4.65. The van der Waals surface area contributed by atoms with Gasteiger partial charge in [0.25, 0.3) is 0 Å². The molecule has 134 valence electrons. The smallest absolute Gasteiger partial charge is 0.232 e. The molecule has 0 fully saturated rings. The molecule has 4 heterocycles. The molecule has 0 radical (unpaired) electrons. The number of ketones is 1. The lowest BCUT2D eigenvalue weighted by molar-refractivity contribution is 0.0872. The maximum atomic E-state index is 12.7. The Bertz CT molecular complexity index is 1030. The van der Waals surface area contributed by atoms with E-state index in [1.807, 2.05) is 18.2 Å². The van der Waals surface area contributed by atoms with Gasteiger partial charge in [0.05, 0.1) is 17.4 Å². The highest BCUT2D eigenvalue weighted by Gasteiger charge is 2.33. The van der Waals surface area contributed by atoms with Gasteiger partial charge < -0.3 is 13.9 Å². The molecule has 2 aliphatic rings. The monoisotopic (exact) mass is 360 g/mol. The molecule has 0 aliphatic carbocycles. The Hall–Kier alpha value is -3.38. The number of carbonyl (C=O) groups is 1. The molecule has 2 aliphatic heterocycles. The van der Waals surface area contributed by atoms with E-state index in [9.17, 15) is 4.79 Å². The second kappa shape index (κ2) is 6.41. The summed E-state index contributed by atoms with van der Waals surface area (Å²) >= 11 is 0. The number of ether oxygens (including phenoxy) is 2. The van der Waals surface area contributed by atoms with Crippen molar-refractivity contribution >= 4 is 11.9 Å². The van der Waals surface area contributed by atoms with Gasteiger partial charge in [-0.1, -0.05) is 0 Å². The van der Waals surface area contributed by atoms with Crippen LogP contribution in [-0.2, 0) is 13.1 Å². The number of hydrogen-bond acceptors (Lipinski definition) is 6. The molecule has 27 heavy (non-hydrogen) atoms. The molecule has 0 saturated carbocycles. The fourth-order valence-electron chi connectivity index (χ4n) is 3.35. The number of fused-ring (bicyclic) bond motifs is 3. The molecule has 1 aromatic carbocycles. The lowest BCUT2D eigenvalue weighted by atomic mass is 10.0. The molecule has 5 rings (SSSR count). The number of hydrogen-bond donors (Lipinski definition) is 0. The van der Waals surface area contributed by atoms with Crippen molar-refractivity contribution in [1.82, 2.24) is 9.88 Å². The van der Waals surface area contributed by atoms with Crippen molar-refractivity contribution in [1.29, 1.82) is 0 Å². The summed E-state index contributed by atoms with van der Waals surface area (Å²) in [5.74, 6) is 2.03. The summed E-state index contributed by atoms with van der Waals surface area (Å²) in [5.41, 5.74) is 2.60. The van der Waals surface area contributed by atoms with E-state index >= 15 is 0 Å². The second-order valence-corrected chi connectivity index (χ2v) is 6.49. The molecule has 0 saturated heterocycles. The van der Waals surface area contributed by atoms with Crippen molar-refractivity contribution in [3.63, 3.8) is 0 Å². The average molecular weight is 360 g/mol. The van der Waals surface area contributed by atoms with Crippen LogP contribution in [0, 0.1) is 0 Å². The van der Waals surface area contributed by atoms with E-state index in [1.54, 1.807) is 42.9 Å². The van der Waals surface area contributed by atoms with Crippen molar-refractivity contribution < 1.29 is 18.7 Å². The van der Waals surface area contributed by atoms with E-state index in [4.69, 9.17) is 13.9 Å². The van der Waals surface area contributed by atoms with Gasteiger partial charge in [-0.25, -0.2) is 0 Å². The Morgan fingerprint density at radius 2 is 2.04 bits per heavy atom. The zero-order valence-corrected chi connectivity index (χ0v) is 14.4. The Balaban J connectivity index is 1.44. The largest absolute Gasteiger partial charge is 0.478 e. The van der Waals surface area contributed by atoms with Gasteiger partial charge in [0, 0.05) is 31.6 Å². The number of Topliss-reactive ketones (excluding diaryl/α,β-unsaturated/α-hetero) is 1. The summed E-state index contributed by atoms with van der Waals surface area (Å²) < 4.78 is 17.1. The van der Waals surface area contributed by atoms with Crippen molar-refractivity contribution in [2.45, 2.75) is 13.1 Å². The van der Waals surface area contributed by atoms with E-state index in [2.05, 4.69) is 9.88 Å². The first kappa shape index (κ1) is 15.8. The number of nitrogens with zero attached hydrogens (tertiary/aromatic N) is 2. The third kappa shape index (κ3) is 2.90. The number of allylic oxidation sites excluding steroid dienone is 1. The van der Waals surface area contributed by atoms with Crippen LogP contribution in [-0.4, -0.2) is 22.4 Å². The van der Waals surface area contributed by atoms with Crippen molar-refractivity contribution in [3.8, 4) is 11.5 Å². The van der Waals surface area contributed by atoms with Gasteiger partial charge in [0.15, 0.2) is 5.76 Å². The summed E-state index contributed by atoms with van der Waals surface area (Å²) in [7, 11) is 0. The van der Waals surface area contributed by atoms with Crippen LogP contribution in [0.15, 0.2) is 65.2 Å². The molecule has 0 bridgehead atoms. The summed E-state index contributed by atoms with van der Waals surface area (Å²) in [4.78, 5) is 18.9. The molecule has 3 aromatic rings. The molecule has 0 unspecified atom stereocenters. The molecule has 0 atom stereocenters. The SMILES string of the molecule is O=C1C(=Cc2ccco2)Oc2c1ccc1c2CN(Cc2ccncc2)CO1. The molecule has 6 heteroatoms. The molecule has 6 nitrogen and oxygen atoms in total. The first-order chi connectivity index (χ1) is 13.3. The van der Waals surface area contributed by atoms with Crippen LogP contribution in [0.25, 0.3) is 6.08 Å².